The lowest BCUT2D eigenvalue weighted by Crippen LogP contribution is -2.47. The number of methoxy groups -OCH3 is 4. The number of halogens is 1. The molecule has 5 rings (SSSR count). The molecule has 1 aliphatic heterocycles. The van der Waals surface area contributed by atoms with E-state index in [2.05, 4.69) is 5.32 Å². The fraction of sp³-hybridized carbons (Fsp3) is 0.161. The smallest absolute Gasteiger partial charge is 0.413 e. The van der Waals surface area contributed by atoms with Crippen LogP contribution in [0.3, 0.4) is 0 Å². The Hall–Kier alpha value is -4.94. The van der Waals surface area contributed by atoms with E-state index in [4.69, 9.17) is 35.3 Å². The van der Waals surface area contributed by atoms with E-state index in [9.17, 15) is 18.0 Å². The first kappa shape index (κ1) is 30.5. The number of nitrogens with one attached hydrogen (secondary N) is 1. The Bertz CT molecular complexity index is 1850. The fourth-order valence-electron chi connectivity index (χ4n) is 4.97. The number of hydrogen-bond donors (Lipinski definition) is 1. The molecular formula is C31H27ClN2O9S. The highest BCUT2D eigenvalue weighted by molar-refractivity contribution is 7.93. The largest absolute Gasteiger partial charge is 0.497 e. The summed E-state index contributed by atoms with van der Waals surface area (Å²) in [7, 11) is 0.761. The molecular weight excluding hydrogens is 612 g/mol. The van der Waals surface area contributed by atoms with Crippen molar-refractivity contribution in [1.82, 2.24) is 0 Å². The van der Waals surface area contributed by atoms with Gasteiger partial charge in [0, 0.05) is 22.3 Å². The molecule has 0 aromatic heterocycles. The van der Waals surface area contributed by atoms with Gasteiger partial charge in [0.2, 0.25) is 5.60 Å². The van der Waals surface area contributed by atoms with Gasteiger partial charge in [-0.2, -0.15) is 4.31 Å². The maximum atomic E-state index is 14.8. The Morgan fingerprint density at radius 1 is 0.773 bits per heavy atom. The van der Waals surface area contributed by atoms with E-state index in [1.54, 1.807) is 36.4 Å². The van der Waals surface area contributed by atoms with E-state index in [1.807, 2.05) is 0 Å². The molecule has 0 spiro atoms. The summed E-state index contributed by atoms with van der Waals surface area (Å²) in [4.78, 5) is 28.0. The van der Waals surface area contributed by atoms with Crippen molar-refractivity contribution in [2.24, 2.45) is 0 Å². The predicted molar refractivity (Wildman–Crippen MR) is 163 cm³/mol. The summed E-state index contributed by atoms with van der Waals surface area (Å²) in [5, 5.41) is 2.74. The topological polar surface area (TPSA) is 130 Å². The predicted octanol–water partition coefficient (Wildman–Crippen LogP) is 5.60. The van der Waals surface area contributed by atoms with Crippen LogP contribution in [0.15, 0.2) is 89.8 Å². The summed E-state index contributed by atoms with van der Waals surface area (Å²) >= 11 is 6.42. The zero-order valence-corrected chi connectivity index (χ0v) is 25.6. The summed E-state index contributed by atoms with van der Waals surface area (Å²) in [6.07, 6.45) is -1.05. The van der Waals surface area contributed by atoms with Crippen LogP contribution in [0, 0.1) is 0 Å². The van der Waals surface area contributed by atoms with Crippen molar-refractivity contribution in [2.75, 3.05) is 38.1 Å². The molecule has 0 aliphatic carbocycles. The maximum Gasteiger partial charge on any atom is 0.413 e. The quantitative estimate of drug-likeness (QED) is 0.249. The van der Waals surface area contributed by atoms with Crippen LogP contribution in [0.1, 0.15) is 11.1 Å². The number of ether oxygens (including phenoxy) is 5. The number of sulfonamides is 1. The Labute approximate surface area is 258 Å². The van der Waals surface area contributed by atoms with Crippen LogP contribution in [0.5, 0.6) is 23.0 Å². The first-order chi connectivity index (χ1) is 21.1. The molecule has 2 amide bonds. The molecule has 0 radical (unpaired) electrons. The van der Waals surface area contributed by atoms with Crippen LogP contribution >= 0.6 is 11.6 Å². The minimum atomic E-state index is -4.71. The highest BCUT2D eigenvalue weighted by Gasteiger charge is 2.61. The van der Waals surface area contributed by atoms with Gasteiger partial charge in [-0.05, 0) is 60.7 Å². The van der Waals surface area contributed by atoms with Gasteiger partial charge in [-0.25, -0.2) is 13.2 Å². The summed E-state index contributed by atoms with van der Waals surface area (Å²) in [5.74, 6) is -0.494. The molecule has 13 heteroatoms. The first-order valence-corrected chi connectivity index (χ1v) is 14.8. The molecule has 0 bridgehead atoms. The molecule has 1 aliphatic rings. The van der Waals surface area contributed by atoms with Crippen LogP contribution in [0.4, 0.5) is 16.2 Å². The fourth-order valence-corrected chi connectivity index (χ4v) is 6.74. The van der Waals surface area contributed by atoms with E-state index in [1.165, 1.54) is 77.0 Å². The summed E-state index contributed by atoms with van der Waals surface area (Å²) in [6, 6.07) is 21.1. The Balaban J connectivity index is 1.78. The molecule has 1 N–H and O–H groups in total. The van der Waals surface area contributed by atoms with Gasteiger partial charge >= 0.3 is 6.09 Å². The van der Waals surface area contributed by atoms with Gasteiger partial charge in [0.1, 0.15) is 27.9 Å². The van der Waals surface area contributed by atoms with Crippen molar-refractivity contribution >= 4 is 45.0 Å². The number of benzene rings is 4. The molecule has 1 unspecified atom stereocenters. The van der Waals surface area contributed by atoms with E-state index in [0.717, 1.165) is 0 Å². The van der Waals surface area contributed by atoms with E-state index < -0.39 is 27.6 Å². The maximum absolute atomic E-state index is 14.8. The summed E-state index contributed by atoms with van der Waals surface area (Å²) in [5.41, 5.74) is -2.17. The number of nitrogens with zero attached hydrogens (tertiary/aromatic N) is 1. The standard InChI is InChI=1S/C31H27ClN2O9S/c1-39-21-11-14-26(41-3)24(17-21)31(43-30(36)33-20-8-6-5-7-9-20)23-16-19(32)10-13-25(23)34(29(31)35)44(37,38)28-15-12-22(40-2)18-27(28)42-4/h5-18H,1-4H3,(H,33,36). The minimum absolute atomic E-state index is 0.00419. The van der Waals surface area contributed by atoms with Crippen molar-refractivity contribution in [1.29, 1.82) is 0 Å². The third kappa shape index (κ3) is 5.12. The lowest BCUT2D eigenvalue weighted by atomic mass is 9.86. The van der Waals surface area contributed by atoms with Gasteiger partial charge in [-0.3, -0.25) is 10.1 Å². The third-order valence-corrected chi connectivity index (χ3v) is 8.95. The third-order valence-electron chi connectivity index (χ3n) is 6.98. The number of carbonyl (C=O) groups excluding carboxylic acids is 2. The SMILES string of the molecule is COc1ccc(S(=O)(=O)N2C(=O)C(OC(=O)Nc3ccccc3)(c3cc(OC)ccc3OC)c3cc(Cl)ccc32)c(OC)c1. The lowest BCUT2D eigenvalue weighted by molar-refractivity contribution is -0.131. The number of fused-ring (bicyclic) bond motifs is 1. The van der Waals surface area contributed by atoms with Gasteiger partial charge in [-0.15, -0.1) is 0 Å². The number of hydrogen-bond acceptors (Lipinski definition) is 9. The Morgan fingerprint density at radius 2 is 1.43 bits per heavy atom. The average Bonchev–Trinajstić information content (AvgIpc) is 3.28. The Kier molecular flexibility index (Phi) is 8.31. The highest BCUT2D eigenvalue weighted by Crippen LogP contribution is 2.53. The van der Waals surface area contributed by atoms with E-state index in [-0.39, 0.29) is 44.0 Å². The molecule has 1 atom stereocenters. The second kappa shape index (κ2) is 12.0. The van der Waals surface area contributed by atoms with Crippen LogP contribution in [-0.2, 0) is 25.2 Å². The van der Waals surface area contributed by atoms with Crippen molar-refractivity contribution in [2.45, 2.75) is 10.5 Å². The molecule has 0 saturated heterocycles. The van der Waals surface area contributed by atoms with Crippen molar-refractivity contribution in [3.8, 4) is 23.0 Å². The monoisotopic (exact) mass is 638 g/mol. The van der Waals surface area contributed by atoms with Gasteiger partial charge in [-0.1, -0.05) is 29.8 Å². The van der Waals surface area contributed by atoms with Crippen LogP contribution in [0.2, 0.25) is 5.02 Å². The normalized spacial score (nSPS) is 15.8. The highest BCUT2D eigenvalue weighted by atomic mass is 35.5. The van der Waals surface area contributed by atoms with Gasteiger partial charge in [0.25, 0.3) is 15.9 Å². The van der Waals surface area contributed by atoms with Gasteiger partial charge in [0.15, 0.2) is 0 Å². The van der Waals surface area contributed by atoms with Crippen molar-refractivity contribution < 1.29 is 41.7 Å². The molecule has 1 heterocycles. The number of carbonyl (C=O) groups is 2. The van der Waals surface area contributed by atoms with E-state index >= 15 is 0 Å². The van der Waals surface area contributed by atoms with Gasteiger partial charge < -0.3 is 23.7 Å². The number of rotatable bonds is 9. The number of para-hydroxylation sites is 1. The van der Waals surface area contributed by atoms with Gasteiger partial charge in [0.05, 0.1) is 39.7 Å². The van der Waals surface area contributed by atoms with Crippen LogP contribution < -0.4 is 28.6 Å². The molecule has 44 heavy (non-hydrogen) atoms. The molecule has 228 valence electrons. The first-order valence-electron chi connectivity index (χ1n) is 13.0. The molecule has 11 nitrogen and oxygen atoms in total. The molecule has 4 aromatic carbocycles. The number of amides is 2. The second-order valence-corrected chi connectivity index (χ2v) is 11.6. The zero-order valence-electron chi connectivity index (χ0n) is 24.0. The summed E-state index contributed by atoms with van der Waals surface area (Å²) in [6.45, 7) is 0. The zero-order chi connectivity index (χ0) is 31.6. The number of anilines is 2. The molecule has 0 saturated carbocycles. The van der Waals surface area contributed by atoms with Crippen molar-refractivity contribution in [3.63, 3.8) is 0 Å². The summed E-state index contributed by atoms with van der Waals surface area (Å²) < 4.78 is 56.9. The van der Waals surface area contributed by atoms with Crippen molar-refractivity contribution in [3.05, 3.63) is 101 Å². The minimum Gasteiger partial charge on any atom is -0.497 e. The van der Waals surface area contributed by atoms with Crippen LogP contribution in [-0.4, -0.2) is 48.9 Å². The molecule has 4 aromatic rings. The van der Waals surface area contributed by atoms with E-state index in [0.29, 0.717) is 15.7 Å². The van der Waals surface area contributed by atoms with Crippen LogP contribution in [0.25, 0.3) is 0 Å². The average molecular weight is 639 g/mol. The second-order valence-electron chi connectivity index (χ2n) is 9.38. The Morgan fingerprint density at radius 3 is 2.09 bits per heavy atom. The lowest BCUT2D eigenvalue weighted by Gasteiger charge is -2.30. The molecule has 0 fully saturated rings.